The number of alkyl halides is 3. The van der Waals surface area contributed by atoms with Crippen LogP contribution in [-0.4, -0.2) is 37.4 Å². The third kappa shape index (κ3) is 3.91. The first-order valence-corrected chi connectivity index (χ1v) is 8.53. The van der Waals surface area contributed by atoms with Crippen molar-refractivity contribution in [1.29, 1.82) is 0 Å². The molecule has 0 saturated heterocycles. The molecule has 3 rings (SSSR count). The van der Waals surface area contributed by atoms with Gasteiger partial charge in [0.2, 0.25) is 5.91 Å². The zero-order valence-electron chi connectivity index (χ0n) is 15.0. The summed E-state index contributed by atoms with van der Waals surface area (Å²) in [7, 11) is 3.51. The van der Waals surface area contributed by atoms with Crippen LogP contribution >= 0.6 is 0 Å². The molecule has 2 aromatic rings. The van der Waals surface area contributed by atoms with Crippen LogP contribution in [0, 0.1) is 6.92 Å². The number of hydrogen-bond donors (Lipinski definition) is 0. The summed E-state index contributed by atoms with van der Waals surface area (Å²) in [6, 6.07) is 1.12. The van der Waals surface area contributed by atoms with Gasteiger partial charge in [-0.15, -0.1) is 0 Å². The van der Waals surface area contributed by atoms with Gasteiger partial charge in [0.15, 0.2) is 5.69 Å². The second kappa shape index (κ2) is 6.77. The molecule has 0 N–H and O–H groups in total. The Balaban J connectivity index is 1.64. The fraction of sp³-hybridized carbons (Fsp3) is 0.588. The molecule has 0 unspecified atom stereocenters. The van der Waals surface area contributed by atoms with Crippen molar-refractivity contribution < 1.29 is 18.0 Å². The number of carbonyl (C=O) groups is 1. The molecule has 0 radical (unpaired) electrons. The van der Waals surface area contributed by atoms with Crippen LogP contribution in [-0.2, 0) is 31.1 Å². The van der Waals surface area contributed by atoms with Crippen LogP contribution in [0.15, 0.2) is 12.3 Å². The highest BCUT2D eigenvalue weighted by molar-refractivity contribution is 5.75. The van der Waals surface area contributed by atoms with E-state index < -0.39 is 11.9 Å². The third-order valence-electron chi connectivity index (χ3n) is 4.80. The van der Waals surface area contributed by atoms with E-state index in [1.807, 2.05) is 14.0 Å². The number of aromatic nitrogens is 4. The number of carbonyl (C=O) groups excluding carboxylic acids is 1. The zero-order chi connectivity index (χ0) is 19.1. The Labute approximate surface area is 149 Å². The van der Waals surface area contributed by atoms with Gasteiger partial charge < -0.3 is 4.90 Å². The fourth-order valence-electron chi connectivity index (χ4n) is 2.89. The van der Waals surface area contributed by atoms with E-state index in [0.717, 1.165) is 30.2 Å². The molecule has 0 spiro atoms. The van der Waals surface area contributed by atoms with Crippen LogP contribution in [0.3, 0.4) is 0 Å². The summed E-state index contributed by atoms with van der Waals surface area (Å²) in [6.45, 7) is 2.49. The van der Waals surface area contributed by atoms with Crippen LogP contribution < -0.4 is 0 Å². The largest absolute Gasteiger partial charge is 0.435 e. The minimum atomic E-state index is -4.46. The van der Waals surface area contributed by atoms with Crippen molar-refractivity contribution in [3.63, 3.8) is 0 Å². The van der Waals surface area contributed by atoms with E-state index in [1.54, 1.807) is 22.8 Å². The van der Waals surface area contributed by atoms with Crippen LogP contribution in [0.2, 0.25) is 0 Å². The monoisotopic (exact) mass is 369 g/mol. The molecular weight excluding hydrogens is 347 g/mol. The summed E-state index contributed by atoms with van der Waals surface area (Å²) in [5.74, 6) is -0.0106. The van der Waals surface area contributed by atoms with Gasteiger partial charge in [-0.2, -0.15) is 23.4 Å². The second-order valence-electron chi connectivity index (χ2n) is 6.83. The minimum Gasteiger partial charge on any atom is -0.341 e. The molecule has 1 amide bonds. The first-order valence-electron chi connectivity index (χ1n) is 8.53. The first kappa shape index (κ1) is 18.5. The maximum atomic E-state index is 12.9. The molecule has 0 atom stereocenters. The predicted molar refractivity (Wildman–Crippen MR) is 88.2 cm³/mol. The minimum absolute atomic E-state index is 0.106. The number of aryl methyl sites for hydroxylation is 2. The Hall–Kier alpha value is -2.32. The molecule has 0 aliphatic heterocycles. The molecule has 142 valence electrons. The molecule has 0 aromatic carbocycles. The third-order valence-corrected chi connectivity index (χ3v) is 4.80. The van der Waals surface area contributed by atoms with Crippen molar-refractivity contribution in [1.82, 2.24) is 24.5 Å². The highest BCUT2D eigenvalue weighted by Gasteiger charge is 2.37. The summed E-state index contributed by atoms with van der Waals surface area (Å²) in [5, 5.41) is 7.83. The van der Waals surface area contributed by atoms with E-state index in [9.17, 15) is 18.0 Å². The van der Waals surface area contributed by atoms with Crippen molar-refractivity contribution in [2.75, 3.05) is 7.05 Å². The van der Waals surface area contributed by atoms with E-state index in [-0.39, 0.29) is 24.8 Å². The molecule has 1 fully saturated rings. The van der Waals surface area contributed by atoms with Gasteiger partial charge in [0.1, 0.15) is 0 Å². The molecule has 1 saturated carbocycles. The Morgan fingerprint density at radius 2 is 2.08 bits per heavy atom. The zero-order valence-corrected chi connectivity index (χ0v) is 15.0. The van der Waals surface area contributed by atoms with Crippen LogP contribution in [0.1, 0.15) is 47.8 Å². The summed E-state index contributed by atoms with van der Waals surface area (Å²) < 4.78 is 41.8. The Kier molecular flexibility index (Phi) is 4.81. The number of halogens is 3. The molecule has 26 heavy (non-hydrogen) atoms. The standard InChI is InChI=1S/C17H22F3N5O/c1-11-13(9-21-24(11)3)10-23(2)16(26)6-7-25-14(12-4-5-12)8-15(22-25)17(18,19)20/h8-9,12H,4-7,10H2,1-3H3. The summed E-state index contributed by atoms with van der Waals surface area (Å²) in [5.41, 5.74) is 1.62. The van der Waals surface area contributed by atoms with Gasteiger partial charge in [0.05, 0.1) is 6.20 Å². The fourth-order valence-corrected chi connectivity index (χ4v) is 2.89. The average Bonchev–Trinajstić information content (AvgIpc) is 3.25. The highest BCUT2D eigenvalue weighted by atomic mass is 19.4. The maximum absolute atomic E-state index is 12.9. The van der Waals surface area contributed by atoms with E-state index >= 15 is 0 Å². The smallest absolute Gasteiger partial charge is 0.341 e. The molecule has 6 nitrogen and oxygen atoms in total. The van der Waals surface area contributed by atoms with Gasteiger partial charge in [-0.3, -0.25) is 14.2 Å². The SMILES string of the molecule is Cc1c(CN(C)C(=O)CCn2nc(C(F)(F)F)cc2C2CC2)cnn1C. The van der Waals surface area contributed by atoms with Gasteiger partial charge in [-0.05, 0) is 25.8 Å². The predicted octanol–water partition coefficient (Wildman–Crippen LogP) is 2.87. The van der Waals surface area contributed by atoms with Gasteiger partial charge in [0.25, 0.3) is 0 Å². The van der Waals surface area contributed by atoms with Gasteiger partial charge in [-0.1, -0.05) is 0 Å². The maximum Gasteiger partial charge on any atom is 0.435 e. The normalized spacial score (nSPS) is 14.7. The summed E-state index contributed by atoms with van der Waals surface area (Å²) in [4.78, 5) is 13.9. The Morgan fingerprint density at radius 1 is 1.38 bits per heavy atom. The molecule has 1 aliphatic carbocycles. The Morgan fingerprint density at radius 3 is 2.62 bits per heavy atom. The summed E-state index contributed by atoms with van der Waals surface area (Å²) >= 11 is 0. The van der Waals surface area contributed by atoms with Crippen molar-refractivity contribution in [3.05, 3.63) is 34.9 Å². The van der Waals surface area contributed by atoms with E-state index in [0.29, 0.717) is 12.2 Å². The molecule has 9 heteroatoms. The molecular formula is C17H22F3N5O. The van der Waals surface area contributed by atoms with Crippen molar-refractivity contribution >= 4 is 5.91 Å². The highest BCUT2D eigenvalue weighted by Crippen LogP contribution is 2.42. The van der Waals surface area contributed by atoms with Crippen molar-refractivity contribution in [3.8, 4) is 0 Å². The lowest BCUT2D eigenvalue weighted by Crippen LogP contribution is -2.27. The van der Waals surface area contributed by atoms with Crippen molar-refractivity contribution in [2.45, 2.75) is 51.4 Å². The lowest BCUT2D eigenvalue weighted by molar-refractivity contribution is -0.141. The van der Waals surface area contributed by atoms with Gasteiger partial charge in [0, 0.05) is 56.5 Å². The second-order valence-corrected chi connectivity index (χ2v) is 6.83. The topological polar surface area (TPSA) is 56.0 Å². The number of nitrogens with zero attached hydrogens (tertiary/aromatic N) is 5. The van der Waals surface area contributed by atoms with Gasteiger partial charge >= 0.3 is 6.18 Å². The van der Waals surface area contributed by atoms with Crippen molar-refractivity contribution in [2.24, 2.45) is 7.05 Å². The lowest BCUT2D eigenvalue weighted by Gasteiger charge is -2.17. The van der Waals surface area contributed by atoms with Crippen LogP contribution in [0.25, 0.3) is 0 Å². The average molecular weight is 369 g/mol. The van der Waals surface area contributed by atoms with E-state index in [2.05, 4.69) is 10.2 Å². The molecule has 0 bridgehead atoms. The quantitative estimate of drug-likeness (QED) is 0.787. The summed E-state index contributed by atoms with van der Waals surface area (Å²) in [6.07, 6.45) is -0.899. The lowest BCUT2D eigenvalue weighted by atomic mass is 10.2. The van der Waals surface area contributed by atoms with E-state index in [4.69, 9.17) is 0 Å². The number of rotatable bonds is 6. The van der Waals surface area contributed by atoms with Crippen LogP contribution in [0.4, 0.5) is 13.2 Å². The molecule has 2 aromatic heterocycles. The van der Waals surface area contributed by atoms with Gasteiger partial charge in [-0.25, -0.2) is 0 Å². The molecule has 1 aliphatic rings. The first-order chi connectivity index (χ1) is 12.2. The van der Waals surface area contributed by atoms with E-state index in [1.165, 1.54) is 4.68 Å². The number of amides is 1. The number of hydrogen-bond acceptors (Lipinski definition) is 3. The van der Waals surface area contributed by atoms with Crippen LogP contribution in [0.5, 0.6) is 0 Å². The Bertz CT molecular complexity index is 804. The molecule has 2 heterocycles.